The van der Waals surface area contributed by atoms with Crippen LogP contribution in [0.4, 0.5) is 0 Å². The number of fused-ring (bicyclic) bond motifs is 1. The van der Waals surface area contributed by atoms with E-state index >= 15 is 0 Å². The van der Waals surface area contributed by atoms with E-state index in [0.717, 1.165) is 23.1 Å². The molecule has 0 unspecified atom stereocenters. The van der Waals surface area contributed by atoms with E-state index in [0.29, 0.717) is 24.8 Å². The monoisotopic (exact) mass is 360 g/mol. The molecule has 0 aliphatic carbocycles. The highest BCUT2D eigenvalue weighted by Gasteiger charge is 2.23. The summed E-state index contributed by atoms with van der Waals surface area (Å²) in [6.07, 6.45) is 2.46. The highest BCUT2D eigenvalue weighted by molar-refractivity contribution is 6.02. The predicted octanol–water partition coefficient (Wildman–Crippen LogP) is 4.31. The van der Waals surface area contributed by atoms with E-state index in [1.54, 1.807) is 18.1 Å². The molecule has 0 saturated carbocycles. The summed E-state index contributed by atoms with van der Waals surface area (Å²) >= 11 is 0. The number of hydrogen-bond acceptors (Lipinski definition) is 3. The minimum atomic E-state index is -0.232. The fourth-order valence-electron chi connectivity index (χ4n) is 3.36. The van der Waals surface area contributed by atoms with E-state index in [4.69, 9.17) is 4.74 Å². The molecule has 0 radical (unpaired) electrons. The second-order valence-corrected chi connectivity index (χ2v) is 7.07. The number of nitriles is 1. The van der Waals surface area contributed by atoms with Gasteiger partial charge in [-0.1, -0.05) is 44.2 Å². The zero-order valence-electron chi connectivity index (χ0n) is 16.0. The first-order chi connectivity index (χ1) is 13.0. The number of methoxy groups -OCH3 is 1. The number of rotatable bonds is 4. The minimum Gasteiger partial charge on any atom is -0.496 e. The molecule has 0 spiro atoms. The largest absolute Gasteiger partial charge is 0.496 e. The Morgan fingerprint density at radius 1 is 1.22 bits per heavy atom. The van der Waals surface area contributed by atoms with E-state index < -0.39 is 0 Å². The van der Waals surface area contributed by atoms with Crippen molar-refractivity contribution in [2.75, 3.05) is 13.7 Å². The molecule has 1 amide bonds. The Hall–Kier alpha value is -3.06. The second-order valence-electron chi connectivity index (χ2n) is 7.07. The van der Waals surface area contributed by atoms with Crippen LogP contribution in [-0.2, 0) is 17.8 Å². The molecule has 27 heavy (non-hydrogen) atoms. The number of nitrogens with zero attached hydrogens (tertiary/aromatic N) is 2. The molecule has 1 aliphatic heterocycles. The smallest absolute Gasteiger partial charge is 0.264 e. The fraction of sp³-hybridized carbons (Fsp3) is 0.304. The quantitative estimate of drug-likeness (QED) is 0.603. The van der Waals surface area contributed by atoms with Crippen molar-refractivity contribution < 1.29 is 9.53 Å². The Morgan fingerprint density at radius 2 is 1.96 bits per heavy atom. The van der Waals surface area contributed by atoms with Crippen LogP contribution in [0.3, 0.4) is 0 Å². The maximum Gasteiger partial charge on any atom is 0.264 e. The van der Waals surface area contributed by atoms with Gasteiger partial charge in [0.15, 0.2) is 0 Å². The molecule has 0 saturated heterocycles. The van der Waals surface area contributed by atoms with Crippen molar-refractivity contribution in [1.29, 1.82) is 5.26 Å². The maximum absolute atomic E-state index is 13.0. The lowest BCUT2D eigenvalue weighted by Crippen LogP contribution is -2.36. The van der Waals surface area contributed by atoms with Crippen LogP contribution in [0.2, 0.25) is 0 Å². The molecule has 0 fully saturated rings. The number of ether oxygens (including phenoxy) is 1. The summed E-state index contributed by atoms with van der Waals surface area (Å²) in [6, 6.07) is 16.1. The zero-order valence-corrected chi connectivity index (χ0v) is 16.0. The lowest BCUT2D eigenvalue weighted by Gasteiger charge is -2.28. The summed E-state index contributed by atoms with van der Waals surface area (Å²) in [5.74, 6) is 0.774. The van der Waals surface area contributed by atoms with Gasteiger partial charge in [-0.05, 0) is 47.2 Å². The van der Waals surface area contributed by atoms with Gasteiger partial charge in [-0.25, -0.2) is 0 Å². The second kappa shape index (κ2) is 8.09. The summed E-state index contributed by atoms with van der Waals surface area (Å²) < 4.78 is 5.42. The molecule has 0 N–H and O–H groups in total. The van der Waals surface area contributed by atoms with Crippen LogP contribution in [0, 0.1) is 11.3 Å². The van der Waals surface area contributed by atoms with Crippen molar-refractivity contribution in [2.45, 2.75) is 32.7 Å². The van der Waals surface area contributed by atoms with Crippen LogP contribution in [0.5, 0.6) is 5.75 Å². The normalized spacial score (nSPS) is 13.9. The standard InChI is InChI=1S/C23H24N2O2/c1-16(2)18-8-9-22(27-3)20(12-18)13-21(14-24)23(26)25-11-10-17-6-4-5-7-19(17)15-25/h4-9,12-13,16H,10-11,15H2,1-3H3/b21-13+. The molecule has 0 aromatic heterocycles. The topological polar surface area (TPSA) is 53.3 Å². The molecule has 2 aromatic rings. The van der Waals surface area contributed by atoms with Crippen molar-refractivity contribution in [1.82, 2.24) is 4.90 Å². The molecular formula is C23H24N2O2. The first kappa shape index (κ1) is 18.7. The Kier molecular flexibility index (Phi) is 5.61. The van der Waals surface area contributed by atoms with E-state index in [9.17, 15) is 10.1 Å². The van der Waals surface area contributed by atoms with Gasteiger partial charge in [0.1, 0.15) is 17.4 Å². The number of carbonyl (C=O) groups excluding carboxylic acids is 1. The first-order valence-electron chi connectivity index (χ1n) is 9.19. The molecular weight excluding hydrogens is 336 g/mol. The van der Waals surface area contributed by atoms with Gasteiger partial charge < -0.3 is 9.64 Å². The third-order valence-electron chi connectivity index (χ3n) is 4.99. The number of hydrogen-bond donors (Lipinski definition) is 0. The molecule has 1 aliphatic rings. The third kappa shape index (κ3) is 4.03. The van der Waals surface area contributed by atoms with Gasteiger partial charge in [0, 0.05) is 18.7 Å². The predicted molar refractivity (Wildman–Crippen MR) is 106 cm³/mol. The highest BCUT2D eigenvalue weighted by atomic mass is 16.5. The lowest BCUT2D eigenvalue weighted by atomic mass is 9.98. The van der Waals surface area contributed by atoms with Crippen molar-refractivity contribution in [3.05, 3.63) is 70.3 Å². The third-order valence-corrected chi connectivity index (χ3v) is 4.99. The molecule has 1 heterocycles. The minimum absolute atomic E-state index is 0.133. The molecule has 0 atom stereocenters. The van der Waals surface area contributed by atoms with Crippen molar-refractivity contribution >= 4 is 12.0 Å². The molecule has 4 nitrogen and oxygen atoms in total. The Morgan fingerprint density at radius 3 is 2.63 bits per heavy atom. The molecule has 3 rings (SSSR count). The van der Waals surface area contributed by atoms with E-state index in [1.807, 2.05) is 36.4 Å². The van der Waals surface area contributed by atoms with Gasteiger partial charge in [0.05, 0.1) is 7.11 Å². The van der Waals surface area contributed by atoms with Crippen molar-refractivity contribution in [3.63, 3.8) is 0 Å². The van der Waals surface area contributed by atoms with E-state index in [2.05, 4.69) is 26.0 Å². The summed E-state index contributed by atoms with van der Waals surface area (Å²) in [7, 11) is 1.59. The summed E-state index contributed by atoms with van der Waals surface area (Å²) in [6.45, 7) is 5.38. The summed E-state index contributed by atoms with van der Waals surface area (Å²) in [5, 5.41) is 9.62. The van der Waals surface area contributed by atoms with Crippen molar-refractivity contribution in [3.8, 4) is 11.8 Å². The Bertz CT molecular complexity index is 922. The van der Waals surface area contributed by atoms with Crippen LogP contribution in [-0.4, -0.2) is 24.5 Å². The maximum atomic E-state index is 13.0. The number of benzene rings is 2. The fourth-order valence-corrected chi connectivity index (χ4v) is 3.36. The van der Waals surface area contributed by atoms with Gasteiger partial charge in [-0.2, -0.15) is 5.26 Å². The molecule has 2 aromatic carbocycles. The van der Waals surface area contributed by atoms with Gasteiger partial charge in [0.25, 0.3) is 5.91 Å². The summed E-state index contributed by atoms with van der Waals surface area (Å²) in [5.41, 5.74) is 4.45. The number of amides is 1. The SMILES string of the molecule is COc1ccc(C(C)C)cc1/C=C(\C#N)C(=O)N1CCc2ccccc2C1. The van der Waals surface area contributed by atoms with E-state index in [-0.39, 0.29) is 11.5 Å². The Balaban J connectivity index is 1.90. The summed E-state index contributed by atoms with van der Waals surface area (Å²) in [4.78, 5) is 14.7. The van der Waals surface area contributed by atoms with Gasteiger partial charge in [0.2, 0.25) is 0 Å². The van der Waals surface area contributed by atoms with Crippen LogP contribution in [0.15, 0.2) is 48.0 Å². The van der Waals surface area contributed by atoms with Gasteiger partial charge in [-0.15, -0.1) is 0 Å². The van der Waals surface area contributed by atoms with Crippen LogP contribution < -0.4 is 4.74 Å². The van der Waals surface area contributed by atoms with E-state index in [1.165, 1.54) is 5.56 Å². The average molecular weight is 360 g/mol. The van der Waals surface area contributed by atoms with Crippen LogP contribution in [0.1, 0.15) is 42.0 Å². The molecule has 0 bridgehead atoms. The van der Waals surface area contributed by atoms with Crippen molar-refractivity contribution in [2.24, 2.45) is 0 Å². The molecule has 138 valence electrons. The van der Waals surface area contributed by atoms with Gasteiger partial charge >= 0.3 is 0 Å². The number of carbonyl (C=O) groups is 1. The lowest BCUT2D eigenvalue weighted by molar-refractivity contribution is -0.127. The van der Waals surface area contributed by atoms with Gasteiger partial charge in [-0.3, -0.25) is 4.79 Å². The average Bonchev–Trinajstić information content (AvgIpc) is 2.70. The van der Waals surface area contributed by atoms with Crippen LogP contribution in [0.25, 0.3) is 6.08 Å². The Labute approximate surface area is 160 Å². The van der Waals surface area contributed by atoms with Crippen LogP contribution >= 0.6 is 0 Å². The zero-order chi connectivity index (χ0) is 19.4. The highest BCUT2D eigenvalue weighted by Crippen LogP contribution is 2.27. The first-order valence-corrected chi connectivity index (χ1v) is 9.19. The molecule has 4 heteroatoms.